The predicted molar refractivity (Wildman–Crippen MR) is 126 cm³/mol. The second-order valence-corrected chi connectivity index (χ2v) is 9.33. The van der Waals surface area contributed by atoms with Gasteiger partial charge in [0.1, 0.15) is 6.04 Å². The normalized spacial score (nSPS) is 21.5. The summed E-state index contributed by atoms with van der Waals surface area (Å²) in [5.74, 6) is 0.0843. The van der Waals surface area contributed by atoms with E-state index in [9.17, 15) is 14.4 Å². The summed E-state index contributed by atoms with van der Waals surface area (Å²) < 4.78 is 0. The van der Waals surface area contributed by atoms with Gasteiger partial charge in [-0.2, -0.15) is 0 Å². The number of hydrogen-bond donors (Lipinski definition) is 2. The largest absolute Gasteiger partial charge is 0.344 e. The van der Waals surface area contributed by atoms with Gasteiger partial charge in [-0.3, -0.25) is 9.59 Å². The fourth-order valence-electron chi connectivity index (χ4n) is 4.69. The lowest BCUT2D eigenvalue weighted by atomic mass is 9.87. The number of piperazine rings is 1. The Labute approximate surface area is 191 Å². The van der Waals surface area contributed by atoms with Crippen LogP contribution in [0.4, 0.5) is 10.5 Å². The molecule has 3 atom stereocenters. The molecule has 3 unspecified atom stereocenters. The summed E-state index contributed by atoms with van der Waals surface area (Å²) in [6, 6.07) is 8.61. The van der Waals surface area contributed by atoms with Crippen molar-refractivity contribution in [1.29, 1.82) is 0 Å². The van der Waals surface area contributed by atoms with E-state index < -0.39 is 6.04 Å². The zero-order valence-corrected chi connectivity index (χ0v) is 19.7. The van der Waals surface area contributed by atoms with Gasteiger partial charge >= 0.3 is 6.03 Å². The van der Waals surface area contributed by atoms with Gasteiger partial charge in [-0.25, -0.2) is 4.79 Å². The van der Waals surface area contributed by atoms with Crippen LogP contribution in [0.2, 0.25) is 0 Å². The molecule has 1 saturated heterocycles. The standard InChI is InChI=1S/C25H38N4O3/c1-4-18(2)22(27-23(30)20-11-7-5-8-12-20)24(31)28-15-16-29(19(3)17-28)25(32)26-21-13-9-6-10-14-21/h6,9-10,13-14,18-20,22H,4-5,7-8,11-12,15-17H2,1-3H3,(H,26,32)(H,27,30). The summed E-state index contributed by atoms with van der Waals surface area (Å²) >= 11 is 0. The lowest BCUT2D eigenvalue weighted by Crippen LogP contribution is -2.60. The summed E-state index contributed by atoms with van der Waals surface area (Å²) in [4.78, 5) is 42.6. The van der Waals surface area contributed by atoms with Crippen LogP contribution in [0.1, 0.15) is 59.3 Å². The molecule has 1 aliphatic heterocycles. The van der Waals surface area contributed by atoms with E-state index in [1.54, 1.807) is 4.90 Å². The number of hydrogen-bond acceptors (Lipinski definition) is 3. The topological polar surface area (TPSA) is 81.8 Å². The highest BCUT2D eigenvalue weighted by Crippen LogP contribution is 2.25. The quantitative estimate of drug-likeness (QED) is 0.702. The molecule has 0 aromatic heterocycles. The van der Waals surface area contributed by atoms with Crippen molar-refractivity contribution in [1.82, 2.24) is 15.1 Å². The van der Waals surface area contributed by atoms with Gasteiger partial charge in [0, 0.05) is 37.3 Å². The van der Waals surface area contributed by atoms with Gasteiger partial charge in [-0.15, -0.1) is 0 Å². The monoisotopic (exact) mass is 442 g/mol. The third-order valence-corrected chi connectivity index (χ3v) is 6.98. The molecular formula is C25H38N4O3. The fraction of sp³-hybridized carbons (Fsp3) is 0.640. The first-order chi connectivity index (χ1) is 15.4. The number of carbonyl (C=O) groups excluding carboxylic acids is 3. The van der Waals surface area contributed by atoms with Crippen molar-refractivity contribution in [2.75, 3.05) is 25.0 Å². The molecule has 2 fully saturated rings. The number of amides is 4. The Bertz CT molecular complexity index is 779. The molecule has 2 N–H and O–H groups in total. The zero-order chi connectivity index (χ0) is 23.1. The Morgan fingerprint density at radius 1 is 1.06 bits per heavy atom. The predicted octanol–water partition coefficient (Wildman–Crippen LogP) is 3.86. The molecule has 1 heterocycles. The van der Waals surface area contributed by atoms with Crippen molar-refractivity contribution in [2.45, 2.75) is 71.4 Å². The maximum atomic E-state index is 13.4. The maximum Gasteiger partial charge on any atom is 0.322 e. The minimum Gasteiger partial charge on any atom is -0.344 e. The van der Waals surface area contributed by atoms with Crippen molar-refractivity contribution in [3.8, 4) is 0 Å². The number of para-hydroxylation sites is 1. The average Bonchev–Trinajstić information content (AvgIpc) is 2.82. The van der Waals surface area contributed by atoms with Crippen molar-refractivity contribution >= 4 is 23.5 Å². The molecule has 7 heteroatoms. The van der Waals surface area contributed by atoms with Crippen molar-refractivity contribution in [3.05, 3.63) is 30.3 Å². The summed E-state index contributed by atoms with van der Waals surface area (Å²) in [6.45, 7) is 7.44. The zero-order valence-electron chi connectivity index (χ0n) is 19.7. The Morgan fingerprint density at radius 3 is 2.38 bits per heavy atom. The van der Waals surface area contributed by atoms with Crippen LogP contribution in [-0.4, -0.2) is 59.4 Å². The molecule has 1 aromatic rings. The number of benzene rings is 1. The van der Waals surface area contributed by atoms with Crippen LogP contribution in [-0.2, 0) is 9.59 Å². The molecule has 2 aliphatic rings. The molecule has 1 aliphatic carbocycles. The summed E-state index contributed by atoms with van der Waals surface area (Å²) in [7, 11) is 0. The van der Waals surface area contributed by atoms with Gasteiger partial charge in [-0.1, -0.05) is 57.7 Å². The van der Waals surface area contributed by atoms with Gasteiger partial charge in [-0.05, 0) is 37.8 Å². The van der Waals surface area contributed by atoms with Gasteiger partial charge in [0.25, 0.3) is 0 Å². The third kappa shape index (κ3) is 6.02. The first kappa shape index (κ1) is 24.1. The Morgan fingerprint density at radius 2 is 1.75 bits per heavy atom. The number of carbonyl (C=O) groups is 3. The lowest BCUT2D eigenvalue weighted by molar-refractivity contribution is -0.141. The molecule has 32 heavy (non-hydrogen) atoms. The van der Waals surface area contributed by atoms with E-state index in [0.717, 1.165) is 37.8 Å². The highest BCUT2D eigenvalue weighted by Gasteiger charge is 2.36. The number of urea groups is 1. The van der Waals surface area contributed by atoms with Crippen molar-refractivity contribution in [3.63, 3.8) is 0 Å². The molecule has 1 saturated carbocycles. The molecular weight excluding hydrogens is 404 g/mol. The van der Waals surface area contributed by atoms with Crippen LogP contribution in [0.25, 0.3) is 0 Å². The SMILES string of the molecule is CCC(C)C(NC(=O)C1CCCCC1)C(=O)N1CCN(C(=O)Nc2ccccc2)C(C)C1. The van der Waals surface area contributed by atoms with E-state index in [4.69, 9.17) is 0 Å². The van der Waals surface area contributed by atoms with Gasteiger partial charge in [0.05, 0.1) is 0 Å². The van der Waals surface area contributed by atoms with Crippen LogP contribution < -0.4 is 10.6 Å². The minimum atomic E-state index is -0.508. The van der Waals surface area contributed by atoms with Crippen LogP contribution in [0.15, 0.2) is 30.3 Å². The van der Waals surface area contributed by atoms with E-state index in [0.29, 0.717) is 19.6 Å². The minimum absolute atomic E-state index is 0.0253. The maximum absolute atomic E-state index is 13.4. The fourth-order valence-corrected chi connectivity index (χ4v) is 4.69. The highest BCUT2D eigenvalue weighted by atomic mass is 16.2. The third-order valence-electron chi connectivity index (χ3n) is 6.98. The van der Waals surface area contributed by atoms with Gasteiger partial charge in [0.2, 0.25) is 11.8 Å². The van der Waals surface area contributed by atoms with Gasteiger partial charge in [0.15, 0.2) is 0 Å². The first-order valence-electron chi connectivity index (χ1n) is 12.1. The second kappa shape index (κ2) is 11.3. The average molecular weight is 443 g/mol. The van der Waals surface area contributed by atoms with E-state index >= 15 is 0 Å². The van der Waals surface area contributed by atoms with Crippen LogP contribution >= 0.6 is 0 Å². The molecule has 0 bridgehead atoms. The molecule has 0 radical (unpaired) electrons. The van der Waals surface area contributed by atoms with E-state index in [-0.39, 0.29) is 35.7 Å². The number of nitrogens with zero attached hydrogens (tertiary/aromatic N) is 2. The number of anilines is 1. The van der Waals surface area contributed by atoms with Crippen LogP contribution in [0, 0.1) is 11.8 Å². The highest BCUT2D eigenvalue weighted by molar-refractivity contribution is 5.91. The molecule has 3 rings (SSSR count). The van der Waals surface area contributed by atoms with E-state index in [2.05, 4.69) is 10.6 Å². The lowest BCUT2D eigenvalue weighted by Gasteiger charge is -2.41. The van der Waals surface area contributed by atoms with Crippen molar-refractivity contribution in [2.24, 2.45) is 11.8 Å². The summed E-state index contributed by atoms with van der Waals surface area (Å²) in [5.41, 5.74) is 0.755. The Hall–Kier alpha value is -2.57. The summed E-state index contributed by atoms with van der Waals surface area (Å²) in [5, 5.41) is 6.02. The van der Waals surface area contributed by atoms with E-state index in [1.165, 1.54) is 6.42 Å². The molecule has 4 amide bonds. The smallest absolute Gasteiger partial charge is 0.322 e. The summed E-state index contributed by atoms with van der Waals surface area (Å²) in [6.07, 6.45) is 6.02. The molecule has 7 nitrogen and oxygen atoms in total. The molecule has 0 spiro atoms. The van der Waals surface area contributed by atoms with Gasteiger partial charge < -0.3 is 20.4 Å². The van der Waals surface area contributed by atoms with E-state index in [1.807, 2.05) is 56.0 Å². The molecule has 176 valence electrons. The Kier molecular flexibility index (Phi) is 8.53. The number of rotatable bonds is 6. The Balaban J connectivity index is 1.60. The van der Waals surface area contributed by atoms with Crippen molar-refractivity contribution < 1.29 is 14.4 Å². The number of nitrogens with one attached hydrogen (secondary N) is 2. The molecule has 1 aromatic carbocycles. The van der Waals surface area contributed by atoms with Crippen LogP contribution in [0.5, 0.6) is 0 Å². The second-order valence-electron chi connectivity index (χ2n) is 9.33. The first-order valence-corrected chi connectivity index (χ1v) is 12.1. The van der Waals surface area contributed by atoms with Crippen LogP contribution in [0.3, 0.4) is 0 Å².